The summed E-state index contributed by atoms with van der Waals surface area (Å²) in [5.41, 5.74) is 2.77. The van der Waals surface area contributed by atoms with Crippen molar-refractivity contribution in [2.45, 2.75) is 12.8 Å². The van der Waals surface area contributed by atoms with Gasteiger partial charge in [0.2, 0.25) is 0 Å². The van der Waals surface area contributed by atoms with E-state index in [4.69, 9.17) is 4.74 Å². The van der Waals surface area contributed by atoms with E-state index in [1.54, 1.807) is 7.11 Å². The first-order valence-electron chi connectivity index (χ1n) is 7.23. The molecule has 0 aliphatic carbocycles. The van der Waals surface area contributed by atoms with E-state index in [1.165, 1.54) is 14.7 Å². The minimum absolute atomic E-state index is 0.600. The second kappa shape index (κ2) is 8.39. The number of hydrogen-bond donors (Lipinski definition) is 1. The van der Waals surface area contributed by atoms with Crippen LogP contribution < -0.4 is 10.1 Å². The second-order valence-corrected chi connectivity index (χ2v) is 6.55. The van der Waals surface area contributed by atoms with Crippen molar-refractivity contribution in [3.05, 3.63) is 63.2 Å². The van der Waals surface area contributed by atoms with E-state index in [2.05, 4.69) is 64.3 Å². The lowest BCUT2D eigenvalue weighted by molar-refractivity contribution is 0.414. The lowest BCUT2D eigenvalue weighted by Crippen LogP contribution is -2.22. The van der Waals surface area contributed by atoms with Gasteiger partial charge in [-0.15, -0.1) is 0 Å². The van der Waals surface area contributed by atoms with Gasteiger partial charge in [0, 0.05) is 3.57 Å². The first-order valence-corrected chi connectivity index (χ1v) is 8.31. The monoisotopic (exact) mass is 395 g/mol. The standard InChI is InChI=1S/C18H22INO/c1-20-13-16(11-14-3-7-17(19)8-4-14)12-15-5-9-18(21-2)10-6-15/h3-10,16,20H,11-13H2,1-2H3. The topological polar surface area (TPSA) is 21.3 Å². The van der Waals surface area contributed by atoms with Crippen molar-refractivity contribution < 1.29 is 4.74 Å². The lowest BCUT2D eigenvalue weighted by atomic mass is 9.92. The Morgan fingerprint density at radius 1 is 0.952 bits per heavy atom. The van der Waals surface area contributed by atoms with Crippen molar-refractivity contribution >= 4 is 22.6 Å². The summed E-state index contributed by atoms with van der Waals surface area (Å²) >= 11 is 2.35. The third kappa shape index (κ3) is 5.32. The fourth-order valence-corrected chi connectivity index (χ4v) is 2.91. The molecule has 1 N–H and O–H groups in total. The molecule has 21 heavy (non-hydrogen) atoms. The summed E-state index contributed by atoms with van der Waals surface area (Å²) in [5, 5.41) is 3.32. The maximum absolute atomic E-state index is 5.22. The Hall–Kier alpha value is -1.07. The molecule has 2 aromatic rings. The Morgan fingerprint density at radius 2 is 1.48 bits per heavy atom. The Balaban J connectivity index is 2.02. The Bertz CT molecular complexity index is 536. The summed E-state index contributed by atoms with van der Waals surface area (Å²) in [6.45, 7) is 1.03. The van der Waals surface area contributed by atoms with E-state index in [0.29, 0.717) is 5.92 Å². The highest BCUT2D eigenvalue weighted by Gasteiger charge is 2.10. The Morgan fingerprint density at radius 3 is 1.95 bits per heavy atom. The Labute approximate surface area is 141 Å². The third-order valence-electron chi connectivity index (χ3n) is 3.61. The van der Waals surface area contributed by atoms with Crippen molar-refractivity contribution in [3.8, 4) is 5.75 Å². The number of hydrogen-bond acceptors (Lipinski definition) is 2. The first-order chi connectivity index (χ1) is 10.2. The molecular formula is C18H22INO. The van der Waals surface area contributed by atoms with Crippen molar-refractivity contribution in [3.63, 3.8) is 0 Å². The van der Waals surface area contributed by atoms with Gasteiger partial charge >= 0.3 is 0 Å². The van der Waals surface area contributed by atoms with E-state index in [9.17, 15) is 0 Å². The van der Waals surface area contributed by atoms with Gasteiger partial charge in [-0.3, -0.25) is 0 Å². The highest BCUT2D eigenvalue weighted by atomic mass is 127. The largest absolute Gasteiger partial charge is 0.497 e. The summed E-state index contributed by atoms with van der Waals surface area (Å²) in [7, 11) is 3.73. The predicted octanol–water partition coefficient (Wildman–Crippen LogP) is 3.92. The van der Waals surface area contributed by atoms with Gasteiger partial charge in [0.05, 0.1) is 7.11 Å². The van der Waals surface area contributed by atoms with Crippen LogP contribution in [-0.4, -0.2) is 20.7 Å². The number of benzene rings is 2. The molecule has 0 amide bonds. The van der Waals surface area contributed by atoms with Crippen LogP contribution in [0.2, 0.25) is 0 Å². The molecule has 0 fully saturated rings. The molecule has 0 radical (unpaired) electrons. The van der Waals surface area contributed by atoms with Gasteiger partial charge in [0.15, 0.2) is 0 Å². The third-order valence-corrected chi connectivity index (χ3v) is 4.33. The molecule has 0 heterocycles. The molecule has 3 heteroatoms. The minimum Gasteiger partial charge on any atom is -0.497 e. The van der Waals surface area contributed by atoms with Gasteiger partial charge in [0.25, 0.3) is 0 Å². The van der Waals surface area contributed by atoms with Gasteiger partial charge in [-0.1, -0.05) is 24.3 Å². The average molecular weight is 395 g/mol. The molecular weight excluding hydrogens is 373 g/mol. The number of methoxy groups -OCH3 is 1. The van der Waals surface area contributed by atoms with Gasteiger partial charge < -0.3 is 10.1 Å². The van der Waals surface area contributed by atoms with Gasteiger partial charge in [-0.25, -0.2) is 0 Å². The second-order valence-electron chi connectivity index (χ2n) is 5.31. The van der Waals surface area contributed by atoms with Crippen molar-refractivity contribution in [1.82, 2.24) is 5.32 Å². The molecule has 112 valence electrons. The normalized spacial score (nSPS) is 12.1. The van der Waals surface area contributed by atoms with E-state index in [1.807, 2.05) is 19.2 Å². The summed E-state index contributed by atoms with van der Waals surface area (Å²) < 4.78 is 6.50. The average Bonchev–Trinajstić information content (AvgIpc) is 2.50. The van der Waals surface area contributed by atoms with Crippen LogP contribution in [-0.2, 0) is 12.8 Å². The van der Waals surface area contributed by atoms with Crippen molar-refractivity contribution in [2.24, 2.45) is 5.92 Å². The van der Waals surface area contributed by atoms with E-state index >= 15 is 0 Å². The number of rotatable bonds is 7. The van der Waals surface area contributed by atoms with Crippen molar-refractivity contribution in [1.29, 1.82) is 0 Å². The minimum atomic E-state index is 0.600. The summed E-state index contributed by atoms with van der Waals surface area (Å²) in [4.78, 5) is 0. The zero-order valence-corrected chi connectivity index (χ0v) is 14.8. The molecule has 2 rings (SSSR count). The van der Waals surface area contributed by atoms with E-state index in [0.717, 1.165) is 25.1 Å². The van der Waals surface area contributed by atoms with Crippen LogP contribution in [0.3, 0.4) is 0 Å². The van der Waals surface area contributed by atoms with E-state index in [-0.39, 0.29) is 0 Å². The van der Waals surface area contributed by atoms with Crippen LogP contribution in [0, 0.1) is 9.49 Å². The fourth-order valence-electron chi connectivity index (χ4n) is 2.55. The molecule has 0 saturated carbocycles. The number of halogens is 1. The van der Waals surface area contributed by atoms with E-state index < -0.39 is 0 Å². The van der Waals surface area contributed by atoms with Crippen LogP contribution in [0.4, 0.5) is 0 Å². The molecule has 1 atom stereocenters. The van der Waals surface area contributed by atoms with Gasteiger partial charge in [0.1, 0.15) is 5.75 Å². The SMILES string of the molecule is CNCC(Cc1ccc(I)cc1)Cc1ccc(OC)cc1. The smallest absolute Gasteiger partial charge is 0.118 e. The molecule has 0 saturated heterocycles. The molecule has 0 aliphatic heterocycles. The van der Waals surface area contributed by atoms with Crippen LogP contribution in [0.5, 0.6) is 5.75 Å². The van der Waals surface area contributed by atoms with Crippen LogP contribution in [0.1, 0.15) is 11.1 Å². The van der Waals surface area contributed by atoms with Gasteiger partial charge in [-0.2, -0.15) is 0 Å². The summed E-state index contributed by atoms with van der Waals surface area (Å²) in [5.74, 6) is 1.52. The predicted molar refractivity (Wildman–Crippen MR) is 97.0 cm³/mol. The summed E-state index contributed by atoms with van der Waals surface area (Å²) in [6, 6.07) is 17.2. The lowest BCUT2D eigenvalue weighted by Gasteiger charge is -2.17. The van der Waals surface area contributed by atoms with Crippen molar-refractivity contribution in [2.75, 3.05) is 20.7 Å². The molecule has 2 aromatic carbocycles. The molecule has 0 bridgehead atoms. The van der Waals surface area contributed by atoms with Crippen LogP contribution in [0.15, 0.2) is 48.5 Å². The number of ether oxygens (including phenoxy) is 1. The molecule has 0 aromatic heterocycles. The fraction of sp³-hybridized carbons (Fsp3) is 0.333. The maximum Gasteiger partial charge on any atom is 0.118 e. The molecule has 1 unspecified atom stereocenters. The van der Waals surface area contributed by atoms with Gasteiger partial charge in [-0.05, 0) is 90.3 Å². The number of nitrogens with one attached hydrogen (secondary N) is 1. The molecule has 2 nitrogen and oxygen atoms in total. The molecule has 0 aliphatic rings. The maximum atomic E-state index is 5.22. The quantitative estimate of drug-likeness (QED) is 0.718. The first kappa shape index (κ1) is 16.3. The van der Waals surface area contributed by atoms with Crippen LogP contribution >= 0.6 is 22.6 Å². The van der Waals surface area contributed by atoms with Crippen LogP contribution in [0.25, 0.3) is 0 Å². The Kier molecular flexibility index (Phi) is 6.51. The zero-order chi connectivity index (χ0) is 15.1. The molecule has 0 spiro atoms. The highest BCUT2D eigenvalue weighted by Crippen LogP contribution is 2.18. The summed E-state index contributed by atoms with van der Waals surface area (Å²) in [6.07, 6.45) is 2.18. The zero-order valence-electron chi connectivity index (χ0n) is 12.6. The highest BCUT2D eigenvalue weighted by molar-refractivity contribution is 14.1.